The number of rotatable bonds is 7. The Kier molecular flexibility index (Phi) is 7.20. The molecule has 1 aliphatic rings. The lowest BCUT2D eigenvalue weighted by atomic mass is 9.89. The van der Waals surface area contributed by atoms with E-state index in [1.165, 1.54) is 25.3 Å². The van der Waals surface area contributed by atoms with Gasteiger partial charge in [-0.3, -0.25) is 9.10 Å². The predicted molar refractivity (Wildman–Crippen MR) is 140 cm³/mol. The van der Waals surface area contributed by atoms with E-state index in [0.29, 0.717) is 17.2 Å². The Morgan fingerprint density at radius 2 is 1.83 bits per heavy atom. The molecule has 1 aliphatic heterocycles. The molecule has 190 valence electrons. The maximum atomic E-state index is 13.8. The summed E-state index contributed by atoms with van der Waals surface area (Å²) < 4.78 is 40.1. The molecule has 1 N–H and O–H groups in total. The summed E-state index contributed by atoms with van der Waals surface area (Å²) in [5, 5.41) is 3.33. The van der Waals surface area contributed by atoms with E-state index < -0.39 is 28.1 Å². The lowest BCUT2D eigenvalue weighted by molar-refractivity contribution is -0.120. The third-order valence-electron chi connectivity index (χ3n) is 6.02. The highest BCUT2D eigenvalue weighted by Crippen LogP contribution is 2.39. The number of nitrogens with one attached hydrogen (secondary N) is 1. The van der Waals surface area contributed by atoms with Crippen molar-refractivity contribution in [1.29, 1.82) is 0 Å². The Balaban J connectivity index is 1.70. The molecule has 0 fully saturated rings. The summed E-state index contributed by atoms with van der Waals surface area (Å²) in [6.07, 6.45) is 0.529. The Bertz CT molecular complexity index is 1370. The molecule has 4 rings (SSSR count). The number of para-hydroxylation sites is 1. The second-order valence-electron chi connectivity index (χ2n) is 9.36. The predicted octanol–water partition coefficient (Wildman–Crippen LogP) is 5.27. The smallest absolute Gasteiger partial charge is 0.264 e. The average Bonchev–Trinajstić information content (AvgIpc) is 2.82. The normalized spacial score (nSPS) is 16.4. The van der Waals surface area contributed by atoms with Gasteiger partial charge in [-0.2, -0.15) is 0 Å². The summed E-state index contributed by atoms with van der Waals surface area (Å²) in [5.41, 5.74) is 1.43. The molecule has 36 heavy (non-hydrogen) atoms. The molecule has 1 amide bonds. The fourth-order valence-electron chi connectivity index (χ4n) is 4.30. The minimum atomic E-state index is -4.13. The molecule has 0 saturated carbocycles. The van der Waals surface area contributed by atoms with E-state index >= 15 is 0 Å². The van der Waals surface area contributed by atoms with Crippen LogP contribution in [-0.4, -0.2) is 33.6 Å². The number of halogens is 1. The topological polar surface area (TPSA) is 84.9 Å². The third kappa shape index (κ3) is 5.44. The molecule has 1 atom stereocenters. The number of carbonyl (C=O) groups excluding carboxylic acids is 1. The van der Waals surface area contributed by atoms with Gasteiger partial charge in [-0.15, -0.1) is 0 Å². The molecular formula is C27H29ClN2O5S. The summed E-state index contributed by atoms with van der Waals surface area (Å²) in [4.78, 5) is 13.5. The largest absolute Gasteiger partial charge is 0.495 e. The molecule has 0 bridgehead atoms. The highest BCUT2D eigenvalue weighted by atomic mass is 35.5. The first kappa shape index (κ1) is 25.9. The Morgan fingerprint density at radius 3 is 2.53 bits per heavy atom. The van der Waals surface area contributed by atoms with Gasteiger partial charge >= 0.3 is 0 Å². The Labute approximate surface area is 217 Å². The van der Waals surface area contributed by atoms with Crippen LogP contribution >= 0.6 is 11.6 Å². The molecule has 0 aliphatic carbocycles. The number of amides is 1. The number of benzene rings is 3. The van der Waals surface area contributed by atoms with Gasteiger partial charge in [0.1, 0.15) is 23.6 Å². The van der Waals surface area contributed by atoms with Crippen LogP contribution in [0.5, 0.6) is 11.5 Å². The molecule has 0 aromatic heterocycles. The van der Waals surface area contributed by atoms with Crippen LogP contribution in [0, 0.1) is 6.92 Å². The number of fused-ring (bicyclic) bond motifs is 1. The van der Waals surface area contributed by atoms with Crippen LogP contribution in [-0.2, 0) is 14.8 Å². The number of ether oxygens (including phenoxy) is 2. The van der Waals surface area contributed by atoms with E-state index in [4.69, 9.17) is 21.1 Å². The van der Waals surface area contributed by atoms with E-state index in [0.717, 1.165) is 15.4 Å². The number of aryl methyl sites for hydroxylation is 1. The van der Waals surface area contributed by atoms with Crippen LogP contribution in [0.25, 0.3) is 0 Å². The van der Waals surface area contributed by atoms with Gasteiger partial charge in [-0.1, -0.05) is 47.5 Å². The van der Waals surface area contributed by atoms with Gasteiger partial charge in [0.05, 0.1) is 23.7 Å². The lowest BCUT2D eigenvalue weighted by Crippen LogP contribution is -2.45. The second kappa shape index (κ2) is 10.0. The quantitative estimate of drug-likeness (QED) is 0.451. The molecular weight excluding hydrogens is 500 g/mol. The number of sulfonamides is 1. The first-order valence-corrected chi connectivity index (χ1v) is 13.3. The summed E-state index contributed by atoms with van der Waals surface area (Å²) in [7, 11) is -2.70. The number of hydrogen-bond acceptors (Lipinski definition) is 5. The minimum absolute atomic E-state index is 0.0560. The first-order valence-electron chi connectivity index (χ1n) is 11.5. The van der Waals surface area contributed by atoms with Gasteiger partial charge in [-0.05, 0) is 57.2 Å². The summed E-state index contributed by atoms with van der Waals surface area (Å²) in [6.45, 7) is 5.31. The van der Waals surface area contributed by atoms with Crippen LogP contribution in [0.1, 0.15) is 37.4 Å². The highest BCUT2D eigenvalue weighted by Gasteiger charge is 2.36. The van der Waals surface area contributed by atoms with E-state index in [9.17, 15) is 13.2 Å². The lowest BCUT2D eigenvalue weighted by Gasteiger charge is -2.38. The monoisotopic (exact) mass is 528 g/mol. The van der Waals surface area contributed by atoms with Crippen molar-refractivity contribution in [2.24, 2.45) is 0 Å². The maximum absolute atomic E-state index is 13.8. The van der Waals surface area contributed by atoms with Crippen molar-refractivity contribution in [3.05, 3.63) is 82.9 Å². The van der Waals surface area contributed by atoms with Crippen LogP contribution in [0.4, 0.5) is 5.69 Å². The van der Waals surface area contributed by atoms with E-state index in [1.807, 2.05) is 45.0 Å². The van der Waals surface area contributed by atoms with Gasteiger partial charge in [0.15, 0.2) is 0 Å². The summed E-state index contributed by atoms with van der Waals surface area (Å²) in [5.74, 6) is 0.505. The molecule has 0 radical (unpaired) electrons. The number of nitrogens with zero attached hydrogens (tertiary/aromatic N) is 1. The number of methoxy groups -OCH3 is 1. The molecule has 9 heteroatoms. The Hall–Kier alpha value is -3.23. The number of carbonyl (C=O) groups is 1. The zero-order valence-corrected chi connectivity index (χ0v) is 22.2. The SMILES string of the molecule is COc1ccc(Cl)cc1N(CC(=O)NC1CC(C)(C)Oc2ccccc21)S(=O)(=O)c1ccc(C)cc1. The van der Waals surface area contributed by atoms with Gasteiger partial charge < -0.3 is 14.8 Å². The first-order chi connectivity index (χ1) is 17.0. The van der Waals surface area contributed by atoms with Crippen molar-refractivity contribution in [2.75, 3.05) is 18.0 Å². The fraction of sp³-hybridized carbons (Fsp3) is 0.296. The fourth-order valence-corrected chi connectivity index (χ4v) is 5.89. The number of hydrogen-bond donors (Lipinski definition) is 1. The summed E-state index contributed by atoms with van der Waals surface area (Å²) in [6, 6.07) is 18.3. The van der Waals surface area contributed by atoms with Gasteiger partial charge in [-0.25, -0.2) is 8.42 Å². The van der Waals surface area contributed by atoms with Crippen molar-refractivity contribution >= 4 is 33.2 Å². The van der Waals surface area contributed by atoms with Crippen molar-refractivity contribution in [3.63, 3.8) is 0 Å². The minimum Gasteiger partial charge on any atom is -0.495 e. The molecule has 0 saturated heterocycles. The van der Waals surface area contributed by atoms with Crippen molar-refractivity contribution in [2.45, 2.75) is 43.7 Å². The molecule has 0 spiro atoms. The van der Waals surface area contributed by atoms with Crippen molar-refractivity contribution in [3.8, 4) is 11.5 Å². The summed E-state index contributed by atoms with van der Waals surface area (Å²) >= 11 is 6.22. The van der Waals surface area contributed by atoms with E-state index in [1.54, 1.807) is 24.3 Å². The zero-order chi connectivity index (χ0) is 26.1. The Morgan fingerprint density at radius 1 is 1.14 bits per heavy atom. The standard InChI is InChI=1S/C27H29ClN2O5S/c1-18-9-12-20(13-10-18)36(32,33)30(23-15-19(28)11-14-25(23)34-4)17-26(31)29-22-16-27(2,3)35-24-8-6-5-7-21(22)24/h5-15,22H,16-17H2,1-4H3,(H,29,31). The van der Waals surface area contributed by atoms with Crippen LogP contribution in [0.3, 0.4) is 0 Å². The van der Waals surface area contributed by atoms with Crippen molar-refractivity contribution in [1.82, 2.24) is 5.32 Å². The van der Waals surface area contributed by atoms with Gasteiger partial charge in [0.25, 0.3) is 10.0 Å². The zero-order valence-electron chi connectivity index (χ0n) is 20.6. The highest BCUT2D eigenvalue weighted by molar-refractivity contribution is 7.92. The van der Waals surface area contributed by atoms with E-state index in [2.05, 4.69) is 5.32 Å². The average molecular weight is 529 g/mol. The van der Waals surface area contributed by atoms with E-state index in [-0.39, 0.29) is 22.4 Å². The van der Waals surface area contributed by atoms with Crippen LogP contribution in [0.2, 0.25) is 5.02 Å². The molecule has 1 unspecified atom stereocenters. The van der Waals surface area contributed by atoms with Crippen LogP contribution in [0.15, 0.2) is 71.6 Å². The van der Waals surface area contributed by atoms with Crippen LogP contribution < -0.4 is 19.1 Å². The second-order valence-corrected chi connectivity index (χ2v) is 11.7. The maximum Gasteiger partial charge on any atom is 0.264 e. The molecule has 3 aromatic rings. The number of anilines is 1. The molecule has 7 nitrogen and oxygen atoms in total. The van der Waals surface area contributed by atoms with Crippen molar-refractivity contribution < 1.29 is 22.7 Å². The van der Waals surface area contributed by atoms with Gasteiger partial charge in [0.2, 0.25) is 5.91 Å². The third-order valence-corrected chi connectivity index (χ3v) is 8.03. The molecule has 3 aromatic carbocycles. The molecule has 1 heterocycles. The van der Waals surface area contributed by atoms with Gasteiger partial charge in [0, 0.05) is 17.0 Å².